The summed E-state index contributed by atoms with van der Waals surface area (Å²) >= 11 is 6.19. The van der Waals surface area contributed by atoms with Crippen LogP contribution in [0.5, 0.6) is 11.5 Å². The lowest BCUT2D eigenvalue weighted by Crippen LogP contribution is -2.38. The summed E-state index contributed by atoms with van der Waals surface area (Å²) in [5, 5.41) is 5.81. The molecule has 1 heterocycles. The van der Waals surface area contributed by atoms with Crippen molar-refractivity contribution in [2.75, 3.05) is 19.0 Å². The number of carbonyl (C=O) groups excluding carboxylic acids is 3. The zero-order valence-electron chi connectivity index (χ0n) is 19.7. The molecule has 3 aromatic carbocycles. The lowest BCUT2D eigenvalue weighted by Gasteiger charge is -2.12. The largest absolute Gasteiger partial charge is 0.493 e. The quantitative estimate of drug-likeness (QED) is 0.339. The number of ether oxygens (including phenoxy) is 2. The van der Waals surface area contributed by atoms with Gasteiger partial charge in [0.2, 0.25) is 5.91 Å². The number of imide groups is 1. The molecule has 9 heteroatoms. The van der Waals surface area contributed by atoms with E-state index in [4.69, 9.17) is 21.1 Å². The van der Waals surface area contributed by atoms with E-state index < -0.39 is 24.4 Å². The minimum atomic E-state index is -0.669. The molecule has 0 spiro atoms. The number of benzene rings is 3. The standard InChI is InChI=1S/C27H24ClN3O5/c1-17-6-5-8-20(12-17)29-25(32)15-31-26(33)22(30-27(31)34)13-18-10-11-23(24(14-18)35-2)36-16-19-7-3-4-9-21(19)28/h3-14H,15-16H2,1-2H3,(H,29,32)(H,30,34)/b22-13+. The van der Waals surface area contributed by atoms with Gasteiger partial charge in [-0.3, -0.25) is 9.59 Å². The number of anilines is 1. The van der Waals surface area contributed by atoms with Crippen molar-refractivity contribution in [1.82, 2.24) is 10.2 Å². The first kappa shape index (κ1) is 24.8. The van der Waals surface area contributed by atoms with Gasteiger partial charge in [-0.2, -0.15) is 0 Å². The molecule has 0 saturated carbocycles. The predicted octanol–water partition coefficient (Wildman–Crippen LogP) is 4.77. The molecule has 4 rings (SSSR count). The van der Waals surface area contributed by atoms with E-state index in [9.17, 15) is 14.4 Å². The van der Waals surface area contributed by atoms with E-state index >= 15 is 0 Å². The smallest absolute Gasteiger partial charge is 0.329 e. The van der Waals surface area contributed by atoms with Gasteiger partial charge in [0, 0.05) is 16.3 Å². The topological polar surface area (TPSA) is 97.0 Å². The fraction of sp³-hybridized carbons (Fsp3) is 0.148. The number of rotatable bonds is 8. The van der Waals surface area contributed by atoms with Crippen LogP contribution in [0.3, 0.4) is 0 Å². The van der Waals surface area contributed by atoms with Crippen LogP contribution in [-0.2, 0) is 16.2 Å². The van der Waals surface area contributed by atoms with Crippen LogP contribution in [0.4, 0.5) is 10.5 Å². The minimum Gasteiger partial charge on any atom is -0.493 e. The van der Waals surface area contributed by atoms with Gasteiger partial charge in [0.1, 0.15) is 18.8 Å². The number of amides is 4. The van der Waals surface area contributed by atoms with Gasteiger partial charge in [-0.25, -0.2) is 9.69 Å². The number of urea groups is 1. The summed E-state index contributed by atoms with van der Waals surface area (Å²) in [7, 11) is 1.51. The van der Waals surface area contributed by atoms with Crippen LogP contribution in [0.25, 0.3) is 6.08 Å². The molecule has 1 aliphatic heterocycles. The van der Waals surface area contributed by atoms with Gasteiger partial charge in [-0.1, -0.05) is 48.0 Å². The number of aryl methyl sites for hydroxylation is 1. The van der Waals surface area contributed by atoms with Crippen molar-refractivity contribution in [2.24, 2.45) is 0 Å². The number of hydrogen-bond donors (Lipinski definition) is 2. The molecule has 4 amide bonds. The van der Waals surface area contributed by atoms with Gasteiger partial charge in [0.15, 0.2) is 11.5 Å². The van der Waals surface area contributed by atoms with Crippen LogP contribution in [-0.4, -0.2) is 36.4 Å². The van der Waals surface area contributed by atoms with E-state index in [1.165, 1.54) is 13.2 Å². The Hall–Kier alpha value is -4.30. The Labute approximate surface area is 213 Å². The average molecular weight is 506 g/mol. The first-order chi connectivity index (χ1) is 17.3. The number of carbonyl (C=O) groups is 3. The zero-order valence-corrected chi connectivity index (χ0v) is 20.5. The van der Waals surface area contributed by atoms with Gasteiger partial charge < -0.3 is 20.1 Å². The second-order valence-corrected chi connectivity index (χ2v) is 8.49. The van der Waals surface area contributed by atoms with Crippen LogP contribution >= 0.6 is 11.6 Å². The summed E-state index contributed by atoms with van der Waals surface area (Å²) in [5.41, 5.74) is 3.05. The summed E-state index contributed by atoms with van der Waals surface area (Å²) in [6, 6.07) is 19.1. The van der Waals surface area contributed by atoms with Crippen molar-refractivity contribution < 1.29 is 23.9 Å². The number of nitrogens with zero attached hydrogens (tertiary/aromatic N) is 1. The summed E-state index contributed by atoms with van der Waals surface area (Å²) in [4.78, 5) is 38.4. The van der Waals surface area contributed by atoms with Crippen molar-refractivity contribution in [1.29, 1.82) is 0 Å². The molecule has 36 heavy (non-hydrogen) atoms. The number of hydrogen-bond acceptors (Lipinski definition) is 5. The lowest BCUT2D eigenvalue weighted by molar-refractivity contribution is -0.127. The maximum absolute atomic E-state index is 12.8. The Morgan fingerprint density at radius 2 is 1.86 bits per heavy atom. The van der Waals surface area contributed by atoms with E-state index in [1.807, 2.05) is 31.2 Å². The molecule has 1 saturated heterocycles. The molecule has 0 unspecified atom stereocenters. The third-order valence-electron chi connectivity index (χ3n) is 5.41. The minimum absolute atomic E-state index is 0.0511. The second-order valence-electron chi connectivity index (χ2n) is 8.09. The predicted molar refractivity (Wildman–Crippen MR) is 137 cm³/mol. The second kappa shape index (κ2) is 11.0. The molecule has 0 aromatic heterocycles. The highest BCUT2D eigenvalue weighted by Crippen LogP contribution is 2.30. The van der Waals surface area contributed by atoms with Gasteiger partial charge in [0.25, 0.3) is 5.91 Å². The van der Waals surface area contributed by atoms with Crippen molar-refractivity contribution in [3.05, 3.63) is 94.1 Å². The number of nitrogens with one attached hydrogen (secondary N) is 2. The SMILES string of the molecule is COc1cc(/C=C2/NC(=O)N(CC(=O)Nc3cccc(C)c3)C2=O)ccc1OCc1ccccc1Cl. The molecule has 0 atom stereocenters. The molecule has 2 N–H and O–H groups in total. The highest BCUT2D eigenvalue weighted by atomic mass is 35.5. The maximum atomic E-state index is 12.8. The summed E-state index contributed by atoms with van der Waals surface area (Å²) in [6.45, 7) is 1.75. The summed E-state index contributed by atoms with van der Waals surface area (Å²) < 4.78 is 11.3. The van der Waals surface area contributed by atoms with Crippen molar-refractivity contribution in [2.45, 2.75) is 13.5 Å². The Kier molecular flexibility index (Phi) is 7.56. The van der Waals surface area contributed by atoms with E-state index in [2.05, 4.69) is 10.6 Å². The zero-order chi connectivity index (χ0) is 25.7. The van der Waals surface area contributed by atoms with Crippen LogP contribution in [0.15, 0.2) is 72.4 Å². The van der Waals surface area contributed by atoms with Crippen LogP contribution < -0.4 is 20.1 Å². The van der Waals surface area contributed by atoms with E-state index in [-0.39, 0.29) is 12.3 Å². The molecular formula is C27H24ClN3O5. The average Bonchev–Trinajstić information content (AvgIpc) is 3.11. The molecule has 0 bridgehead atoms. The Balaban J connectivity index is 1.43. The van der Waals surface area contributed by atoms with Gasteiger partial charge in [0.05, 0.1) is 7.11 Å². The fourth-order valence-corrected chi connectivity index (χ4v) is 3.80. The Bertz CT molecular complexity index is 1350. The molecule has 0 aliphatic carbocycles. The van der Waals surface area contributed by atoms with Crippen LogP contribution in [0.1, 0.15) is 16.7 Å². The van der Waals surface area contributed by atoms with E-state index in [0.717, 1.165) is 16.0 Å². The summed E-state index contributed by atoms with van der Waals surface area (Å²) in [6.07, 6.45) is 1.51. The maximum Gasteiger partial charge on any atom is 0.329 e. The fourth-order valence-electron chi connectivity index (χ4n) is 3.61. The van der Waals surface area contributed by atoms with Gasteiger partial charge in [-0.15, -0.1) is 0 Å². The van der Waals surface area contributed by atoms with Crippen molar-refractivity contribution in [3.63, 3.8) is 0 Å². The molecule has 1 aliphatic rings. The molecule has 8 nitrogen and oxygen atoms in total. The van der Waals surface area contributed by atoms with Crippen molar-refractivity contribution >= 4 is 41.2 Å². The van der Waals surface area contributed by atoms with Gasteiger partial charge in [-0.05, 0) is 54.5 Å². The van der Waals surface area contributed by atoms with Crippen LogP contribution in [0.2, 0.25) is 5.02 Å². The van der Waals surface area contributed by atoms with Crippen LogP contribution in [0, 0.1) is 6.92 Å². The Morgan fingerprint density at radius 1 is 1.06 bits per heavy atom. The lowest BCUT2D eigenvalue weighted by atomic mass is 10.1. The third kappa shape index (κ3) is 5.84. The van der Waals surface area contributed by atoms with Gasteiger partial charge >= 0.3 is 6.03 Å². The molecular weight excluding hydrogens is 482 g/mol. The normalized spacial score (nSPS) is 14.1. The third-order valence-corrected chi connectivity index (χ3v) is 5.77. The highest BCUT2D eigenvalue weighted by molar-refractivity contribution is 6.31. The first-order valence-electron chi connectivity index (χ1n) is 11.1. The monoisotopic (exact) mass is 505 g/mol. The highest BCUT2D eigenvalue weighted by Gasteiger charge is 2.35. The summed E-state index contributed by atoms with van der Waals surface area (Å²) in [5.74, 6) is -0.136. The van der Waals surface area contributed by atoms with E-state index in [1.54, 1.807) is 42.5 Å². The van der Waals surface area contributed by atoms with Crippen molar-refractivity contribution in [3.8, 4) is 11.5 Å². The molecule has 3 aromatic rings. The van der Waals surface area contributed by atoms with E-state index in [0.29, 0.717) is 27.8 Å². The Morgan fingerprint density at radius 3 is 2.61 bits per heavy atom. The molecule has 1 fully saturated rings. The first-order valence-corrected chi connectivity index (χ1v) is 11.5. The number of methoxy groups -OCH3 is 1. The molecule has 0 radical (unpaired) electrons. The molecule has 184 valence electrons. The number of halogens is 1.